The fraction of sp³-hybridized carbons (Fsp3) is 0.632. The number of benzene rings is 1. The van der Waals surface area contributed by atoms with Crippen LogP contribution in [0.3, 0.4) is 0 Å². The maximum Gasteiger partial charge on any atom is 0.291 e. The average molecular weight is 476 g/mol. The quantitative estimate of drug-likeness (QED) is 0.597. The number of fused-ring (bicyclic) bond motifs is 1. The van der Waals surface area contributed by atoms with Gasteiger partial charge in [0.1, 0.15) is 0 Å². The minimum absolute atomic E-state index is 0.139. The lowest BCUT2D eigenvalue weighted by atomic mass is 10.3. The van der Waals surface area contributed by atoms with Crippen LogP contribution in [0, 0.1) is 0 Å². The van der Waals surface area contributed by atoms with Crippen molar-refractivity contribution in [2.45, 2.75) is 43.6 Å². The first-order chi connectivity index (χ1) is 14.7. The normalized spacial score (nSPS) is 24.9. The van der Waals surface area contributed by atoms with Crippen molar-refractivity contribution in [3.05, 3.63) is 24.3 Å². The van der Waals surface area contributed by atoms with Gasteiger partial charge in [-0.1, -0.05) is 12.1 Å². The molecule has 2 saturated heterocycles. The molecule has 4 rings (SSSR count). The van der Waals surface area contributed by atoms with E-state index in [0.29, 0.717) is 63.2 Å². The van der Waals surface area contributed by atoms with Gasteiger partial charge in [0.25, 0.3) is 16.0 Å². The van der Waals surface area contributed by atoms with E-state index in [1.807, 2.05) is 32.0 Å². The number of alkyl halides is 2. The molecule has 1 aromatic heterocycles. The number of halogens is 2. The molecule has 172 valence electrons. The highest BCUT2D eigenvalue weighted by molar-refractivity contribution is 7.99. The Morgan fingerprint density at radius 1 is 1.10 bits per heavy atom. The van der Waals surface area contributed by atoms with Gasteiger partial charge in [-0.25, -0.2) is 4.98 Å². The van der Waals surface area contributed by atoms with E-state index < -0.39 is 16.0 Å². The highest BCUT2D eigenvalue weighted by Gasteiger charge is 2.36. The van der Waals surface area contributed by atoms with Gasteiger partial charge in [-0.05, 0) is 37.7 Å². The fourth-order valence-corrected chi connectivity index (χ4v) is 6.49. The molecule has 0 N–H and O–H groups in total. The third kappa shape index (κ3) is 5.04. The molecule has 0 bridgehead atoms. The second-order valence-electron chi connectivity index (χ2n) is 7.93. The Morgan fingerprint density at radius 2 is 1.74 bits per heavy atom. The van der Waals surface area contributed by atoms with Gasteiger partial charge in [0.15, 0.2) is 5.16 Å². The Balaban J connectivity index is 1.44. The van der Waals surface area contributed by atoms with E-state index in [1.54, 1.807) is 10.6 Å². The summed E-state index contributed by atoms with van der Waals surface area (Å²) in [5, 5.41) is 0.266. The third-order valence-corrected chi connectivity index (χ3v) is 8.19. The molecule has 0 spiro atoms. The van der Waals surface area contributed by atoms with Gasteiger partial charge < -0.3 is 9.30 Å². The summed E-state index contributed by atoms with van der Waals surface area (Å²) in [6.45, 7) is 6.57. The van der Waals surface area contributed by atoms with E-state index >= 15 is 0 Å². The van der Waals surface area contributed by atoms with Gasteiger partial charge in [0.2, 0.25) is 0 Å². The van der Waals surface area contributed by atoms with E-state index in [9.17, 15) is 17.2 Å². The first kappa shape index (κ1) is 22.9. The zero-order valence-corrected chi connectivity index (χ0v) is 19.2. The highest BCUT2D eigenvalue weighted by atomic mass is 32.2. The summed E-state index contributed by atoms with van der Waals surface area (Å²) >= 11 is 0.430. The van der Waals surface area contributed by atoms with E-state index in [4.69, 9.17) is 4.74 Å². The van der Waals surface area contributed by atoms with Gasteiger partial charge in [0, 0.05) is 39.3 Å². The Hall–Kier alpha value is -1.31. The number of thioether (sulfide) groups is 1. The van der Waals surface area contributed by atoms with Gasteiger partial charge in [-0.15, -0.1) is 0 Å². The van der Waals surface area contributed by atoms with Crippen LogP contribution in [-0.2, 0) is 21.6 Å². The number of aromatic nitrogens is 2. The van der Waals surface area contributed by atoms with Crippen LogP contribution in [0.25, 0.3) is 11.0 Å². The number of nitrogens with zero attached hydrogens (tertiary/aromatic N) is 5. The maximum atomic E-state index is 13.1. The number of para-hydroxylation sites is 2. The zero-order valence-electron chi connectivity index (χ0n) is 17.5. The van der Waals surface area contributed by atoms with Gasteiger partial charge in [-0.3, -0.25) is 4.90 Å². The van der Waals surface area contributed by atoms with E-state index in [1.165, 1.54) is 8.61 Å². The van der Waals surface area contributed by atoms with Crippen molar-refractivity contribution < 1.29 is 21.9 Å². The molecule has 0 amide bonds. The second kappa shape index (κ2) is 9.28. The Kier molecular flexibility index (Phi) is 6.85. The number of hydrogen-bond donors (Lipinski definition) is 0. The van der Waals surface area contributed by atoms with Crippen LogP contribution in [0.1, 0.15) is 13.8 Å². The molecule has 1 aromatic carbocycles. The van der Waals surface area contributed by atoms with Crippen molar-refractivity contribution in [1.82, 2.24) is 23.1 Å². The van der Waals surface area contributed by atoms with Crippen LogP contribution in [0.15, 0.2) is 29.4 Å². The molecule has 2 aliphatic rings. The summed E-state index contributed by atoms with van der Waals surface area (Å²) < 4.78 is 62.7. The lowest BCUT2D eigenvalue weighted by Crippen LogP contribution is -2.57. The lowest BCUT2D eigenvalue weighted by Gasteiger charge is -2.40. The highest BCUT2D eigenvalue weighted by Crippen LogP contribution is 2.29. The molecule has 31 heavy (non-hydrogen) atoms. The predicted molar refractivity (Wildman–Crippen MR) is 115 cm³/mol. The molecular formula is C19H27F2N5O3S2. The number of morpholine rings is 1. The summed E-state index contributed by atoms with van der Waals surface area (Å²) in [7, 11) is -3.56. The van der Waals surface area contributed by atoms with Crippen LogP contribution in [-0.4, -0.2) is 88.7 Å². The van der Waals surface area contributed by atoms with Crippen LogP contribution in [0.5, 0.6) is 0 Å². The van der Waals surface area contributed by atoms with Gasteiger partial charge >= 0.3 is 0 Å². The van der Waals surface area contributed by atoms with Crippen molar-refractivity contribution in [3.63, 3.8) is 0 Å². The van der Waals surface area contributed by atoms with Gasteiger partial charge in [-0.2, -0.15) is 25.8 Å². The zero-order chi connectivity index (χ0) is 22.2. The molecule has 0 saturated carbocycles. The monoisotopic (exact) mass is 475 g/mol. The molecule has 2 atom stereocenters. The van der Waals surface area contributed by atoms with Crippen LogP contribution < -0.4 is 0 Å². The second-order valence-corrected chi connectivity index (χ2v) is 10.8. The molecule has 2 fully saturated rings. The van der Waals surface area contributed by atoms with Gasteiger partial charge in [0.05, 0.1) is 29.9 Å². The standard InChI is InChI=1S/C19H27F2N5O3S2/c1-14-11-25(12-15(2)29-14)31(27,28)24-9-7-23(8-10-24)13-26-17-6-4-3-5-16(17)22-19(26)30-18(20)21/h3-6,14-15,18H,7-13H2,1-2H3. The minimum atomic E-state index is -3.56. The van der Waals surface area contributed by atoms with Crippen molar-refractivity contribution in [1.29, 1.82) is 0 Å². The van der Waals surface area contributed by atoms with Crippen molar-refractivity contribution in [3.8, 4) is 0 Å². The Bertz CT molecular complexity index is 1000. The Labute approximate surface area is 185 Å². The number of hydrogen-bond acceptors (Lipinski definition) is 6. The topological polar surface area (TPSA) is 70.9 Å². The van der Waals surface area contributed by atoms with E-state index in [0.717, 1.165) is 5.52 Å². The maximum absolute atomic E-state index is 13.1. The van der Waals surface area contributed by atoms with E-state index in [2.05, 4.69) is 9.88 Å². The average Bonchev–Trinajstić information content (AvgIpc) is 3.04. The smallest absolute Gasteiger partial charge is 0.291 e. The lowest BCUT2D eigenvalue weighted by molar-refractivity contribution is -0.0458. The molecular weight excluding hydrogens is 448 g/mol. The first-order valence-electron chi connectivity index (χ1n) is 10.3. The molecule has 0 aliphatic carbocycles. The molecule has 3 heterocycles. The number of imidazole rings is 1. The first-order valence-corrected chi connectivity index (χ1v) is 12.5. The Morgan fingerprint density at radius 3 is 2.39 bits per heavy atom. The summed E-state index contributed by atoms with van der Waals surface area (Å²) in [5.74, 6) is -2.56. The molecule has 2 aliphatic heterocycles. The number of ether oxygens (including phenoxy) is 1. The predicted octanol–water partition coefficient (Wildman–Crippen LogP) is 2.28. The van der Waals surface area contributed by atoms with Crippen LogP contribution in [0.4, 0.5) is 8.78 Å². The van der Waals surface area contributed by atoms with Crippen LogP contribution in [0.2, 0.25) is 0 Å². The molecule has 8 nitrogen and oxygen atoms in total. The molecule has 2 unspecified atom stereocenters. The molecule has 2 aromatic rings. The summed E-state index contributed by atoms with van der Waals surface area (Å²) in [5.41, 5.74) is 1.46. The van der Waals surface area contributed by atoms with Crippen molar-refractivity contribution in [2.24, 2.45) is 0 Å². The molecule has 12 heteroatoms. The van der Waals surface area contributed by atoms with Crippen molar-refractivity contribution >= 4 is 33.0 Å². The third-order valence-electron chi connectivity index (χ3n) is 5.53. The summed E-state index contributed by atoms with van der Waals surface area (Å²) in [6, 6.07) is 7.34. The van der Waals surface area contributed by atoms with E-state index in [-0.39, 0.29) is 17.4 Å². The SMILES string of the molecule is CC1CN(S(=O)(=O)N2CCN(Cn3c(SC(F)F)nc4ccccc43)CC2)CC(C)O1. The summed E-state index contributed by atoms with van der Waals surface area (Å²) in [4.78, 5) is 6.41. The van der Waals surface area contributed by atoms with Crippen molar-refractivity contribution in [2.75, 3.05) is 39.3 Å². The largest absolute Gasteiger partial charge is 0.373 e. The fourth-order valence-electron chi connectivity index (χ4n) is 4.14. The molecule has 0 radical (unpaired) electrons. The number of piperazine rings is 1. The summed E-state index contributed by atoms with van der Waals surface area (Å²) in [6.07, 6.45) is -0.278. The van der Waals surface area contributed by atoms with Crippen LogP contribution >= 0.6 is 11.8 Å². The number of rotatable bonds is 6. The minimum Gasteiger partial charge on any atom is -0.373 e.